The first-order valence-corrected chi connectivity index (χ1v) is 10.2. The van der Waals surface area contributed by atoms with Gasteiger partial charge in [-0.05, 0) is 37.8 Å². The topological polar surface area (TPSA) is 70.1 Å². The van der Waals surface area contributed by atoms with Gasteiger partial charge < -0.3 is 14.7 Å². The molecule has 3 heterocycles. The Morgan fingerprint density at radius 1 is 1.10 bits per heavy atom. The molecule has 158 valence electrons. The lowest BCUT2D eigenvalue weighted by Gasteiger charge is -2.36. The Morgan fingerprint density at radius 2 is 1.72 bits per heavy atom. The summed E-state index contributed by atoms with van der Waals surface area (Å²) in [7, 11) is 0. The highest BCUT2D eigenvalue weighted by Gasteiger charge is 2.51. The summed E-state index contributed by atoms with van der Waals surface area (Å²) in [6, 6.07) is 2.80. The van der Waals surface area contributed by atoms with E-state index in [0.29, 0.717) is 38.9 Å². The van der Waals surface area contributed by atoms with Gasteiger partial charge in [-0.1, -0.05) is 0 Å². The van der Waals surface area contributed by atoms with Crippen molar-refractivity contribution in [1.82, 2.24) is 9.80 Å². The molecule has 6 nitrogen and oxygen atoms in total. The Hall–Kier alpha value is -2.06. The number of aliphatic hydroxyl groups excluding tert-OH is 1. The Labute approximate surface area is 168 Å². The number of nitrogens with zero attached hydrogens (tertiary/aromatic N) is 2. The van der Waals surface area contributed by atoms with E-state index in [4.69, 9.17) is 4.74 Å². The van der Waals surface area contributed by atoms with Crippen molar-refractivity contribution in [3.05, 3.63) is 35.4 Å². The zero-order chi connectivity index (χ0) is 20.6. The molecule has 0 aliphatic carbocycles. The second-order valence-electron chi connectivity index (χ2n) is 8.49. The molecule has 29 heavy (non-hydrogen) atoms. The molecule has 1 atom stereocenters. The van der Waals surface area contributed by atoms with Gasteiger partial charge in [-0.2, -0.15) is 0 Å². The number of carbonyl (C=O) groups excluding carboxylic acids is 2. The van der Waals surface area contributed by atoms with Gasteiger partial charge in [0.1, 0.15) is 17.7 Å². The van der Waals surface area contributed by atoms with Crippen LogP contribution in [0.4, 0.5) is 8.78 Å². The van der Waals surface area contributed by atoms with Crippen LogP contribution in [0.1, 0.15) is 42.5 Å². The minimum Gasteiger partial charge on any atom is -0.461 e. The number of esters is 1. The summed E-state index contributed by atoms with van der Waals surface area (Å²) in [4.78, 5) is 29.0. The van der Waals surface area contributed by atoms with E-state index in [1.165, 1.54) is 0 Å². The minimum atomic E-state index is -0.783. The lowest BCUT2D eigenvalue weighted by Crippen LogP contribution is -2.45. The van der Waals surface area contributed by atoms with Crippen LogP contribution in [-0.2, 0) is 9.53 Å². The maximum Gasteiger partial charge on any atom is 0.312 e. The van der Waals surface area contributed by atoms with Crippen molar-refractivity contribution in [1.29, 1.82) is 0 Å². The van der Waals surface area contributed by atoms with Crippen molar-refractivity contribution in [2.75, 3.05) is 32.7 Å². The molecule has 1 unspecified atom stereocenters. The second kappa shape index (κ2) is 7.99. The summed E-state index contributed by atoms with van der Waals surface area (Å²) in [5, 5.41) is 9.63. The number of halogens is 2. The molecule has 8 heteroatoms. The molecular formula is C21H26F2N2O4. The van der Waals surface area contributed by atoms with Crippen LogP contribution in [0.3, 0.4) is 0 Å². The standard InChI is InChI=1S/C21H26F2N2O4/c22-15-9-14(10-16(23)11-15)19(27)25-7-3-21(4-8-25)12-18(29-20(21)28)13-24-5-1-17(26)2-6-24/h9-11,17-18,26H,1-8,12-13H2. The number of rotatable bonds is 3. The summed E-state index contributed by atoms with van der Waals surface area (Å²) >= 11 is 0. The van der Waals surface area contributed by atoms with Gasteiger partial charge in [0, 0.05) is 50.8 Å². The number of benzene rings is 1. The molecule has 4 rings (SSSR count). The Kier molecular flexibility index (Phi) is 5.57. The molecule has 3 saturated heterocycles. The zero-order valence-electron chi connectivity index (χ0n) is 16.3. The second-order valence-corrected chi connectivity index (χ2v) is 8.49. The van der Waals surface area contributed by atoms with E-state index >= 15 is 0 Å². The van der Waals surface area contributed by atoms with Crippen LogP contribution in [0.15, 0.2) is 18.2 Å². The highest BCUT2D eigenvalue weighted by Crippen LogP contribution is 2.43. The van der Waals surface area contributed by atoms with Crippen molar-refractivity contribution >= 4 is 11.9 Å². The van der Waals surface area contributed by atoms with Crippen LogP contribution in [0, 0.1) is 17.0 Å². The molecule has 1 aromatic carbocycles. The van der Waals surface area contributed by atoms with Gasteiger partial charge in [-0.25, -0.2) is 8.78 Å². The number of cyclic esters (lactones) is 1. The molecule has 1 aromatic rings. The highest BCUT2D eigenvalue weighted by molar-refractivity contribution is 5.94. The molecule has 3 aliphatic rings. The molecule has 0 saturated carbocycles. The summed E-state index contributed by atoms with van der Waals surface area (Å²) in [5.41, 5.74) is -0.596. The van der Waals surface area contributed by atoms with Crippen LogP contribution < -0.4 is 0 Å². The number of carbonyl (C=O) groups is 2. The zero-order valence-corrected chi connectivity index (χ0v) is 16.3. The highest BCUT2D eigenvalue weighted by atomic mass is 19.1. The summed E-state index contributed by atoms with van der Waals surface area (Å²) in [6.07, 6.45) is 2.68. The predicted octanol–water partition coefficient (Wildman–Crippen LogP) is 1.96. The lowest BCUT2D eigenvalue weighted by molar-refractivity contribution is -0.151. The maximum atomic E-state index is 13.4. The van der Waals surface area contributed by atoms with E-state index < -0.39 is 23.0 Å². The summed E-state index contributed by atoms with van der Waals surface area (Å²) in [6.45, 7) is 2.98. The molecule has 3 aliphatic heterocycles. The SMILES string of the molecule is O=C(c1cc(F)cc(F)c1)N1CCC2(CC1)CC(CN1CCC(O)CC1)OC2=O. The van der Waals surface area contributed by atoms with Crippen LogP contribution in [0.25, 0.3) is 0 Å². The van der Waals surface area contributed by atoms with E-state index in [1.807, 2.05) is 0 Å². The first kappa shape index (κ1) is 20.2. The number of piperidine rings is 2. The van der Waals surface area contributed by atoms with E-state index in [-0.39, 0.29) is 23.7 Å². The lowest BCUT2D eigenvalue weighted by atomic mass is 9.76. The molecule has 1 N–H and O–H groups in total. The molecule has 0 aromatic heterocycles. The number of aliphatic hydroxyl groups is 1. The van der Waals surface area contributed by atoms with E-state index in [9.17, 15) is 23.5 Å². The number of ether oxygens (including phenoxy) is 1. The quantitative estimate of drug-likeness (QED) is 0.775. The smallest absolute Gasteiger partial charge is 0.312 e. The van der Waals surface area contributed by atoms with E-state index in [2.05, 4.69) is 4.90 Å². The first-order chi connectivity index (χ1) is 13.8. The average Bonchev–Trinajstić information content (AvgIpc) is 2.97. The van der Waals surface area contributed by atoms with Gasteiger partial charge in [-0.3, -0.25) is 14.5 Å². The van der Waals surface area contributed by atoms with Gasteiger partial charge in [0.15, 0.2) is 0 Å². The van der Waals surface area contributed by atoms with Crippen LogP contribution in [-0.4, -0.2) is 71.7 Å². The molecule has 1 amide bonds. The molecule has 1 spiro atoms. The monoisotopic (exact) mass is 408 g/mol. The van der Waals surface area contributed by atoms with Gasteiger partial charge in [-0.15, -0.1) is 0 Å². The van der Waals surface area contributed by atoms with Crippen LogP contribution >= 0.6 is 0 Å². The Balaban J connectivity index is 1.34. The maximum absolute atomic E-state index is 13.4. The predicted molar refractivity (Wildman–Crippen MR) is 100 cm³/mol. The largest absolute Gasteiger partial charge is 0.461 e. The van der Waals surface area contributed by atoms with Crippen molar-refractivity contribution in [2.24, 2.45) is 5.41 Å². The molecule has 0 bridgehead atoms. The van der Waals surface area contributed by atoms with E-state index in [0.717, 1.165) is 44.1 Å². The third kappa shape index (κ3) is 4.28. The van der Waals surface area contributed by atoms with Gasteiger partial charge >= 0.3 is 5.97 Å². The van der Waals surface area contributed by atoms with Crippen molar-refractivity contribution in [2.45, 2.75) is 44.3 Å². The number of hydrogen-bond donors (Lipinski definition) is 1. The third-order valence-electron chi connectivity index (χ3n) is 6.46. The van der Waals surface area contributed by atoms with Crippen molar-refractivity contribution in [3.8, 4) is 0 Å². The summed E-state index contributed by atoms with van der Waals surface area (Å²) < 4.78 is 32.5. The van der Waals surface area contributed by atoms with Gasteiger partial charge in [0.05, 0.1) is 11.5 Å². The van der Waals surface area contributed by atoms with Crippen LogP contribution in [0.2, 0.25) is 0 Å². The first-order valence-electron chi connectivity index (χ1n) is 10.2. The Morgan fingerprint density at radius 3 is 2.34 bits per heavy atom. The third-order valence-corrected chi connectivity index (χ3v) is 6.46. The molecule has 3 fully saturated rings. The van der Waals surface area contributed by atoms with Crippen molar-refractivity contribution < 1.29 is 28.2 Å². The fourth-order valence-corrected chi connectivity index (χ4v) is 4.73. The average molecular weight is 408 g/mol. The normalized spacial score (nSPS) is 25.4. The minimum absolute atomic E-state index is 0.0161. The molecule has 0 radical (unpaired) electrons. The Bertz CT molecular complexity index is 767. The number of likely N-dealkylation sites (tertiary alicyclic amines) is 2. The van der Waals surface area contributed by atoms with Crippen LogP contribution in [0.5, 0.6) is 0 Å². The van der Waals surface area contributed by atoms with Gasteiger partial charge in [0.25, 0.3) is 5.91 Å². The number of amides is 1. The number of hydrogen-bond acceptors (Lipinski definition) is 5. The van der Waals surface area contributed by atoms with Gasteiger partial charge in [0.2, 0.25) is 0 Å². The fourth-order valence-electron chi connectivity index (χ4n) is 4.73. The molecular weight excluding hydrogens is 382 g/mol. The van der Waals surface area contributed by atoms with Crippen molar-refractivity contribution in [3.63, 3.8) is 0 Å². The summed E-state index contributed by atoms with van der Waals surface area (Å²) in [5.74, 6) is -2.19. The fraction of sp³-hybridized carbons (Fsp3) is 0.619. The van der Waals surface area contributed by atoms with E-state index in [1.54, 1.807) is 4.90 Å².